The molecule has 0 saturated heterocycles. The minimum absolute atomic E-state index is 0.130. The Morgan fingerprint density at radius 2 is 1.97 bits per heavy atom. The number of aromatic nitrogens is 4. The zero-order valence-corrected chi connectivity index (χ0v) is 17.7. The monoisotopic (exact) mass is 422 g/mol. The summed E-state index contributed by atoms with van der Waals surface area (Å²) >= 11 is 1.53. The molecule has 8 heteroatoms. The summed E-state index contributed by atoms with van der Waals surface area (Å²) in [7, 11) is 0. The second kappa shape index (κ2) is 8.62. The predicted molar refractivity (Wildman–Crippen MR) is 118 cm³/mol. The summed E-state index contributed by atoms with van der Waals surface area (Å²) in [6.45, 7) is 4.71. The molecule has 154 valence electrons. The molecule has 0 bridgehead atoms. The molecule has 0 amide bonds. The highest BCUT2D eigenvalue weighted by atomic mass is 32.1. The van der Waals surface area contributed by atoms with Crippen LogP contribution in [0, 0.1) is 0 Å². The Morgan fingerprint density at radius 1 is 1.17 bits per heavy atom. The molecule has 0 saturated carbocycles. The molecule has 0 spiro atoms. The first-order valence-electron chi connectivity index (χ1n) is 9.88. The first-order chi connectivity index (χ1) is 14.6. The van der Waals surface area contributed by atoms with Gasteiger partial charge in [0.2, 0.25) is 5.43 Å². The van der Waals surface area contributed by atoms with Gasteiger partial charge in [0.15, 0.2) is 5.75 Å². The lowest BCUT2D eigenvalue weighted by Crippen LogP contribution is -2.24. The maximum absolute atomic E-state index is 13.3. The van der Waals surface area contributed by atoms with Crippen LogP contribution in [0.2, 0.25) is 0 Å². The van der Waals surface area contributed by atoms with E-state index in [0.717, 1.165) is 28.1 Å². The molecule has 4 heterocycles. The van der Waals surface area contributed by atoms with Gasteiger partial charge in [-0.25, -0.2) is 4.98 Å². The third kappa shape index (κ3) is 3.91. The first-order valence-corrected chi connectivity index (χ1v) is 10.7. The summed E-state index contributed by atoms with van der Waals surface area (Å²) in [5, 5.41) is 0.597. The van der Waals surface area contributed by atoms with Crippen LogP contribution < -0.4 is 15.7 Å². The van der Waals surface area contributed by atoms with Gasteiger partial charge in [0.25, 0.3) is 5.56 Å². The third-order valence-electron chi connectivity index (χ3n) is 4.72. The molecule has 0 radical (unpaired) electrons. The summed E-state index contributed by atoms with van der Waals surface area (Å²) in [5.41, 5.74) is 1.05. The Balaban J connectivity index is 1.83. The quantitative estimate of drug-likeness (QED) is 0.491. The van der Waals surface area contributed by atoms with Crippen molar-refractivity contribution in [3.63, 3.8) is 0 Å². The summed E-state index contributed by atoms with van der Waals surface area (Å²) in [6.07, 6.45) is 6.55. The SMILES string of the molecule is CCCOc1c[nH]c(Cn2c(-c3ccncc3)nc3sc(CC)cc3c2=O)cc1=O. The minimum Gasteiger partial charge on any atom is -0.488 e. The number of H-pyrrole nitrogens is 1. The second-order valence-corrected chi connectivity index (χ2v) is 8.00. The zero-order valence-electron chi connectivity index (χ0n) is 16.8. The molecule has 0 fully saturated rings. The molecular weight excluding hydrogens is 400 g/mol. The lowest BCUT2D eigenvalue weighted by molar-refractivity contribution is 0.313. The van der Waals surface area contributed by atoms with E-state index in [-0.39, 0.29) is 23.3 Å². The third-order valence-corrected chi connectivity index (χ3v) is 5.89. The maximum Gasteiger partial charge on any atom is 0.262 e. The number of rotatable bonds is 7. The Kier molecular flexibility index (Phi) is 5.76. The summed E-state index contributed by atoms with van der Waals surface area (Å²) in [5.74, 6) is 0.827. The van der Waals surface area contributed by atoms with Crippen LogP contribution in [0.5, 0.6) is 5.75 Å². The molecule has 7 nitrogen and oxygen atoms in total. The van der Waals surface area contributed by atoms with Gasteiger partial charge in [-0.15, -0.1) is 11.3 Å². The van der Waals surface area contributed by atoms with E-state index >= 15 is 0 Å². The van der Waals surface area contributed by atoms with Gasteiger partial charge in [-0.2, -0.15) is 0 Å². The fourth-order valence-electron chi connectivity index (χ4n) is 3.19. The maximum atomic E-state index is 13.3. The van der Waals surface area contributed by atoms with Gasteiger partial charge in [0.05, 0.1) is 18.5 Å². The van der Waals surface area contributed by atoms with Crippen molar-refractivity contribution in [3.05, 3.63) is 74.0 Å². The molecule has 0 aliphatic carbocycles. The van der Waals surface area contributed by atoms with E-state index in [0.29, 0.717) is 23.5 Å². The largest absolute Gasteiger partial charge is 0.488 e. The van der Waals surface area contributed by atoms with E-state index in [1.807, 2.05) is 25.1 Å². The molecule has 1 N–H and O–H groups in total. The molecule has 0 aliphatic rings. The van der Waals surface area contributed by atoms with E-state index in [9.17, 15) is 9.59 Å². The molecule has 4 aromatic rings. The number of thiophene rings is 1. The van der Waals surface area contributed by atoms with Crippen molar-refractivity contribution >= 4 is 21.6 Å². The van der Waals surface area contributed by atoms with E-state index < -0.39 is 0 Å². The molecule has 0 aromatic carbocycles. The number of nitrogens with one attached hydrogen (secondary N) is 1. The van der Waals surface area contributed by atoms with Crippen LogP contribution in [0.15, 0.2) is 52.4 Å². The van der Waals surface area contributed by atoms with Gasteiger partial charge in [0.1, 0.15) is 10.7 Å². The van der Waals surface area contributed by atoms with Crippen LogP contribution in [0.1, 0.15) is 30.8 Å². The second-order valence-electron chi connectivity index (χ2n) is 6.88. The molecule has 0 atom stereocenters. The van der Waals surface area contributed by atoms with E-state index in [1.54, 1.807) is 23.2 Å². The van der Waals surface area contributed by atoms with Crippen LogP contribution in [0.3, 0.4) is 0 Å². The van der Waals surface area contributed by atoms with Crippen molar-refractivity contribution in [1.29, 1.82) is 0 Å². The van der Waals surface area contributed by atoms with Crippen molar-refractivity contribution in [2.45, 2.75) is 33.2 Å². The van der Waals surface area contributed by atoms with Gasteiger partial charge in [-0.1, -0.05) is 13.8 Å². The molecule has 4 aromatic heterocycles. The number of ether oxygens (including phenoxy) is 1. The number of hydrogen-bond acceptors (Lipinski definition) is 6. The molecule has 0 unspecified atom stereocenters. The standard InChI is InChI=1S/C22H22N4O3S/c1-3-9-29-19-12-24-15(10-18(19)27)13-26-20(14-5-7-23-8-6-14)25-21-17(22(26)28)11-16(4-2)30-21/h5-8,10-12H,3-4,9,13H2,1-2H3,(H,24,27). The number of fused-ring (bicyclic) bond motifs is 1. The fraction of sp³-hybridized carbons (Fsp3) is 0.273. The Morgan fingerprint density at radius 3 is 2.67 bits per heavy atom. The minimum atomic E-state index is -0.214. The molecule has 0 aliphatic heterocycles. The van der Waals surface area contributed by atoms with Crippen molar-refractivity contribution in [2.75, 3.05) is 6.61 Å². The van der Waals surface area contributed by atoms with Crippen LogP contribution in [0.4, 0.5) is 0 Å². The van der Waals surface area contributed by atoms with Gasteiger partial charge in [-0.05, 0) is 31.0 Å². The Bertz CT molecular complexity index is 1290. The first kappa shape index (κ1) is 20.0. The summed E-state index contributed by atoms with van der Waals surface area (Å²) in [6, 6.07) is 7.03. The molecule has 4 rings (SSSR count). The summed E-state index contributed by atoms with van der Waals surface area (Å²) in [4.78, 5) is 39.5. The smallest absolute Gasteiger partial charge is 0.262 e. The van der Waals surface area contributed by atoms with Crippen molar-refractivity contribution < 1.29 is 4.74 Å². The van der Waals surface area contributed by atoms with Gasteiger partial charge in [0, 0.05) is 40.8 Å². The zero-order chi connectivity index (χ0) is 21.1. The summed E-state index contributed by atoms with van der Waals surface area (Å²) < 4.78 is 7.05. The normalized spacial score (nSPS) is 11.1. The van der Waals surface area contributed by atoms with E-state index in [1.165, 1.54) is 17.4 Å². The van der Waals surface area contributed by atoms with Gasteiger partial charge >= 0.3 is 0 Å². The highest BCUT2D eigenvalue weighted by molar-refractivity contribution is 7.18. The number of aryl methyl sites for hydroxylation is 1. The van der Waals surface area contributed by atoms with Crippen LogP contribution in [-0.2, 0) is 13.0 Å². The van der Waals surface area contributed by atoms with E-state index in [4.69, 9.17) is 9.72 Å². The Labute approximate surface area is 177 Å². The van der Waals surface area contributed by atoms with Crippen molar-refractivity contribution in [3.8, 4) is 17.1 Å². The van der Waals surface area contributed by atoms with E-state index in [2.05, 4.69) is 16.9 Å². The fourth-order valence-corrected chi connectivity index (χ4v) is 4.15. The topological polar surface area (TPSA) is 89.9 Å². The lowest BCUT2D eigenvalue weighted by atomic mass is 10.2. The van der Waals surface area contributed by atoms with Crippen LogP contribution >= 0.6 is 11.3 Å². The molecular formula is C22H22N4O3S. The predicted octanol–water partition coefficient (Wildman–Crippen LogP) is 3.61. The lowest BCUT2D eigenvalue weighted by Gasteiger charge is -2.13. The number of hydrogen-bond donors (Lipinski definition) is 1. The number of pyridine rings is 2. The average Bonchev–Trinajstić information content (AvgIpc) is 3.19. The van der Waals surface area contributed by atoms with Crippen LogP contribution in [0.25, 0.3) is 21.6 Å². The van der Waals surface area contributed by atoms with Gasteiger partial charge in [-0.3, -0.25) is 19.1 Å². The van der Waals surface area contributed by atoms with Crippen molar-refractivity contribution in [2.24, 2.45) is 0 Å². The Hall–Kier alpha value is -3.26. The average molecular weight is 423 g/mol. The highest BCUT2D eigenvalue weighted by Gasteiger charge is 2.16. The number of aromatic amines is 1. The van der Waals surface area contributed by atoms with Gasteiger partial charge < -0.3 is 9.72 Å². The number of nitrogens with zero attached hydrogens (tertiary/aromatic N) is 3. The van der Waals surface area contributed by atoms with Crippen LogP contribution in [-0.4, -0.2) is 26.1 Å². The molecule has 30 heavy (non-hydrogen) atoms. The van der Waals surface area contributed by atoms with Crippen molar-refractivity contribution in [1.82, 2.24) is 19.5 Å². The highest BCUT2D eigenvalue weighted by Crippen LogP contribution is 2.25.